The van der Waals surface area contributed by atoms with Crippen molar-refractivity contribution in [1.82, 2.24) is 58.5 Å². The molecule has 3 saturated heterocycles. The molecule has 3 aliphatic rings. The van der Waals surface area contributed by atoms with Crippen molar-refractivity contribution in [3.05, 3.63) is 0 Å². The number of unbranched alkanes of at least 4 members (excludes halogenated alkanes) is 7. The quantitative estimate of drug-likeness (QED) is 0.0199. The van der Waals surface area contributed by atoms with Crippen LogP contribution in [0.4, 0.5) is 0 Å². The largest absolute Gasteiger partial charge is 0.471 e. The molecule has 0 spiro atoms. The first-order valence-electron chi connectivity index (χ1n) is 38.8. The van der Waals surface area contributed by atoms with Crippen LogP contribution in [-0.4, -0.2) is 338 Å². The zero-order chi connectivity index (χ0) is 84.5. The Morgan fingerprint density at radius 1 is 0.368 bits per heavy atom. The van der Waals surface area contributed by atoms with E-state index in [4.69, 9.17) is 42.4 Å². The van der Waals surface area contributed by atoms with Crippen molar-refractivity contribution in [1.29, 1.82) is 0 Å². The highest BCUT2D eigenvalue weighted by Crippen LogP contribution is 2.42. The summed E-state index contributed by atoms with van der Waals surface area (Å²) in [5, 5.41) is 121. The van der Waals surface area contributed by atoms with E-state index in [1.807, 2.05) is 0 Å². The molecule has 1 unspecified atom stereocenters. The Balaban J connectivity index is 1.69. The van der Waals surface area contributed by atoms with Gasteiger partial charge in [0.15, 0.2) is 18.9 Å². The molecule has 0 bridgehead atoms. The number of amides is 11. The van der Waals surface area contributed by atoms with Gasteiger partial charge in [-0.05, 0) is 109 Å². The minimum Gasteiger partial charge on any atom is -0.394 e. The van der Waals surface area contributed by atoms with Gasteiger partial charge in [-0.25, -0.2) is 4.57 Å². The predicted octanol–water partition coefficient (Wildman–Crippen LogP) is -6.48. The van der Waals surface area contributed by atoms with E-state index < -0.39 is 185 Å². The molecule has 114 heavy (non-hydrogen) atoms. The van der Waals surface area contributed by atoms with E-state index in [-0.39, 0.29) is 161 Å². The fraction of sp³-hybridized carbons (Fsp3) is 0.843. The molecule has 0 radical (unpaired) electrons. The Morgan fingerprint density at radius 3 is 1.05 bits per heavy atom. The van der Waals surface area contributed by atoms with Crippen molar-refractivity contribution >= 4 is 72.8 Å². The smallest absolute Gasteiger partial charge is 0.394 e. The zero-order valence-corrected chi connectivity index (χ0v) is 66.6. The number of rotatable bonds is 60. The van der Waals surface area contributed by atoms with Crippen LogP contribution in [0.5, 0.6) is 0 Å². The number of carbonyl (C=O) groups is 11. The standard InChI is InChI=1S/C70H126N11O32P/c1-42(85)76-47(21-7-13-27-72-53(90)24-10-17-32-108-69-57(78-44(3)87)63(97)60(94)50(39-83)112-69)66(100)81-48(22-8-14-28-73-54(91)25-11-18-33-109-70-58(79-45(4)88)64(98)61(95)51(40-84)113-70)67(101)80-46(65(99)75-30-35-105-36-37-106-41-55(92)74-29-15-19-34-110-114(102,103)104-5)20-6-12-26-71-52(89)23-9-16-31-107-68-56(77-43(2)86)62(96)59(93)49(38-82)111-68/h46-51,56-64,68-70,82-84,93-98H,6-41H2,1-5H3,(H,71,89)(H,72,90)(H,73,91)(H,74,92)(H,75,99)(H,76,85)(H,77,86)(H,78,87)(H,79,88)(H,80,101)(H,81,100)(H,102,103)/t46-,47-,48-,49+,50+,51+,56+,57+,58+,59-,60-,61-,62+,63+,64+,68+,69+,70+/m0/s1. The van der Waals surface area contributed by atoms with Crippen molar-refractivity contribution < 1.29 is 155 Å². The maximum atomic E-state index is 14.6. The first-order chi connectivity index (χ1) is 54.4. The number of ether oxygens (including phenoxy) is 8. The van der Waals surface area contributed by atoms with Gasteiger partial charge in [0.05, 0.1) is 46.2 Å². The Morgan fingerprint density at radius 2 is 0.702 bits per heavy atom. The summed E-state index contributed by atoms with van der Waals surface area (Å²) in [7, 11) is -3.07. The number of carbonyl (C=O) groups excluding carboxylic acids is 11. The van der Waals surface area contributed by atoms with Gasteiger partial charge in [0.1, 0.15) is 97.8 Å². The Bertz CT molecular complexity index is 2920. The minimum atomic E-state index is -4.11. The van der Waals surface area contributed by atoms with E-state index >= 15 is 0 Å². The third-order valence-electron chi connectivity index (χ3n) is 18.2. The van der Waals surface area contributed by atoms with Crippen LogP contribution in [0.1, 0.15) is 156 Å². The van der Waals surface area contributed by atoms with Gasteiger partial charge in [0, 0.05) is 107 Å². The van der Waals surface area contributed by atoms with Gasteiger partial charge < -0.3 is 147 Å². The van der Waals surface area contributed by atoms with Crippen LogP contribution < -0.4 is 58.5 Å². The molecule has 0 saturated carbocycles. The highest BCUT2D eigenvalue weighted by molar-refractivity contribution is 7.47. The molecule has 0 aromatic heterocycles. The SMILES string of the molecule is COP(=O)(O)OCCCCNC(=O)COCCOCCNC(=O)[C@H](CCCCNC(=O)CCCCO[C@@H]1O[C@H](CO)[C@H](O)[C@H](O)[C@H]1NC(C)=O)NC(=O)[C@H](CCCCNC(=O)CCCCO[C@@H]1O[C@H](CO)[C@H](O)[C@H](O)[C@H]1NC(C)=O)NC(=O)[C@H](CCCCNC(=O)CCCCO[C@@H]1O[C@H](CO)[C@H](O)[C@H](O)[C@H]1NC(C)=O)NC(C)=O. The van der Waals surface area contributed by atoms with E-state index in [2.05, 4.69) is 63.0 Å². The molecule has 44 heteroatoms. The summed E-state index contributed by atoms with van der Waals surface area (Å²) < 4.78 is 65.5. The van der Waals surface area contributed by atoms with Gasteiger partial charge in [-0.15, -0.1) is 0 Å². The van der Waals surface area contributed by atoms with Crippen LogP contribution in [0.2, 0.25) is 0 Å². The summed E-state index contributed by atoms with van der Waals surface area (Å²) in [6.07, 6.45) is -11.4. The number of phosphoric ester groups is 1. The molecule has 0 aliphatic carbocycles. The van der Waals surface area contributed by atoms with Gasteiger partial charge >= 0.3 is 7.82 Å². The van der Waals surface area contributed by atoms with E-state index in [0.29, 0.717) is 70.6 Å². The molecule has 0 aromatic rings. The topological polar surface area (TPSA) is 632 Å². The summed E-state index contributed by atoms with van der Waals surface area (Å²) in [6, 6.07) is -7.19. The van der Waals surface area contributed by atoms with Crippen LogP contribution in [-0.2, 0) is 104 Å². The van der Waals surface area contributed by atoms with E-state index in [1.165, 1.54) is 27.7 Å². The van der Waals surface area contributed by atoms with Crippen LogP contribution in [0.15, 0.2) is 0 Å². The Labute approximate surface area is 662 Å². The molecule has 3 fully saturated rings. The number of aliphatic hydroxyl groups excluding tert-OH is 9. The first kappa shape index (κ1) is 102. The second-order valence-electron chi connectivity index (χ2n) is 27.7. The number of aliphatic hydroxyl groups is 9. The van der Waals surface area contributed by atoms with E-state index in [9.17, 15) is 108 Å². The summed E-state index contributed by atoms with van der Waals surface area (Å²) >= 11 is 0. The van der Waals surface area contributed by atoms with Gasteiger partial charge in [0.2, 0.25) is 65.0 Å². The van der Waals surface area contributed by atoms with Crippen LogP contribution in [0.3, 0.4) is 0 Å². The second-order valence-corrected chi connectivity index (χ2v) is 29.3. The number of phosphoric acid groups is 1. The van der Waals surface area contributed by atoms with E-state index in [0.717, 1.165) is 7.11 Å². The average Bonchev–Trinajstić information content (AvgIpc) is 0.819. The van der Waals surface area contributed by atoms with E-state index in [1.54, 1.807) is 0 Å². The molecule has 43 nitrogen and oxygen atoms in total. The van der Waals surface area contributed by atoms with Crippen molar-refractivity contribution in [3.63, 3.8) is 0 Å². The lowest BCUT2D eigenvalue weighted by atomic mass is 9.97. The lowest BCUT2D eigenvalue weighted by Crippen LogP contribution is -2.64. The predicted molar refractivity (Wildman–Crippen MR) is 397 cm³/mol. The van der Waals surface area contributed by atoms with Crippen molar-refractivity contribution in [2.75, 3.05) is 113 Å². The maximum Gasteiger partial charge on any atom is 0.471 e. The normalized spacial score (nSPS) is 24.7. The number of nitrogens with one attached hydrogen (secondary N) is 11. The number of hydrogen-bond donors (Lipinski definition) is 21. The molecule has 3 aliphatic heterocycles. The molecule has 19 atom stereocenters. The fourth-order valence-corrected chi connectivity index (χ4v) is 12.5. The lowest BCUT2D eigenvalue weighted by molar-refractivity contribution is -0.270. The molecule has 658 valence electrons. The molecule has 3 heterocycles. The second kappa shape index (κ2) is 57.6. The molecular weight excluding hydrogens is 1540 g/mol. The Hall–Kier alpha value is -6.40. The molecule has 0 aromatic carbocycles. The molecule has 3 rings (SSSR count). The first-order valence-corrected chi connectivity index (χ1v) is 40.3. The molecular formula is C70H126N11O32P. The van der Waals surface area contributed by atoms with Crippen molar-refractivity contribution in [2.24, 2.45) is 0 Å². The van der Waals surface area contributed by atoms with Gasteiger partial charge in [0.25, 0.3) is 0 Å². The van der Waals surface area contributed by atoms with Crippen molar-refractivity contribution in [2.45, 2.75) is 266 Å². The monoisotopic (exact) mass is 1660 g/mol. The third kappa shape index (κ3) is 41.1. The summed E-state index contributed by atoms with van der Waals surface area (Å²) in [6.45, 7) is 3.25. The average molecular weight is 1660 g/mol. The zero-order valence-electron chi connectivity index (χ0n) is 65.7. The van der Waals surface area contributed by atoms with Gasteiger partial charge in [-0.2, -0.15) is 0 Å². The molecule has 21 N–H and O–H groups in total. The summed E-state index contributed by atoms with van der Waals surface area (Å²) in [4.78, 5) is 151. The highest BCUT2D eigenvalue weighted by Gasteiger charge is 2.48. The number of hydrogen-bond acceptors (Lipinski definition) is 31. The minimum absolute atomic E-state index is 0.00396. The van der Waals surface area contributed by atoms with Crippen molar-refractivity contribution in [3.8, 4) is 0 Å². The van der Waals surface area contributed by atoms with Gasteiger partial charge in [-0.1, -0.05) is 0 Å². The Kier molecular flexibility index (Phi) is 51.5. The van der Waals surface area contributed by atoms with Crippen LogP contribution in [0.25, 0.3) is 0 Å². The third-order valence-corrected chi connectivity index (χ3v) is 19.2. The van der Waals surface area contributed by atoms with Crippen LogP contribution >= 0.6 is 7.82 Å². The fourth-order valence-electron chi connectivity index (χ4n) is 12.1. The highest BCUT2D eigenvalue weighted by atomic mass is 31.2. The summed E-state index contributed by atoms with van der Waals surface area (Å²) in [5.74, 6) is -5.72. The van der Waals surface area contributed by atoms with Crippen LogP contribution in [0, 0.1) is 0 Å². The van der Waals surface area contributed by atoms with Gasteiger partial charge in [-0.3, -0.25) is 61.8 Å². The lowest BCUT2D eigenvalue weighted by Gasteiger charge is -2.42. The molecule has 11 amide bonds. The maximum absolute atomic E-state index is 14.6. The summed E-state index contributed by atoms with van der Waals surface area (Å²) in [5.41, 5.74) is 0.